The third kappa shape index (κ3) is 3.60. The highest BCUT2D eigenvalue weighted by molar-refractivity contribution is 5.72. The largest absolute Gasteiger partial charge is 0.481 e. The van der Waals surface area contributed by atoms with Crippen LogP contribution in [0.2, 0.25) is 0 Å². The molecule has 0 saturated carbocycles. The number of aliphatic carboxylic acids is 1. The Morgan fingerprint density at radius 2 is 1.79 bits per heavy atom. The van der Waals surface area contributed by atoms with Crippen LogP contribution in [0, 0.1) is 17.6 Å². The van der Waals surface area contributed by atoms with Crippen LogP contribution in [-0.2, 0) is 17.6 Å². The quantitative estimate of drug-likeness (QED) is 0.640. The lowest BCUT2D eigenvalue weighted by Crippen LogP contribution is -2.22. The van der Waals surface area contributed by atoms with Gasteiger partial charge in [-0.05, 0) is 66.3 Å². The van der Waals surface area contributed by atoms with Gasteiger partial charge in [-0.25, -0.2) is 8.78 Å². The molecule has 4 rings (SSSR count). The third-order valence-electron chi connectivity index (χ3n) is 5.10. The number of rotatable bonds is 4. The molecule has 0 bridgehead atoms. The molecule has 1 unspecified atom stereocenters. The average Bonchev–Trinajstić information content (AvgIpc) is 2.70. The van der Waals surface area contributed by atoms with Crippen molar-refractivity contribution in [3.05, 3.63) is 83.4 Å². The summed E-state index contributed by atoms with van der Waals surface area (Å²) in [7, 11) is 0. The van der Waals surface area contributed by atoms with Crippen molar-refractivity contribution in [2.24, 2.45) is 5.92 Å². The highest BCUT2D eigenvalue weighted by Gasteiger charge is 2.24. The lowest BCUT2D eigenvalue weighted by molar-refractivity contribution is -0.142. The van der Waals surface area contributed by atoms with Gasteiger partial charge in [0.05, 0.1) is 5.92 Å². The lowest BCUT2D eigenvalue weighted by Gasteiger charge is -2.22. The van der Waals surface area contributed by atoms with E-state index in [1.807, 2.05) is 18.2 Å². The highest BCUT2D eigenvalue weighted by atomic mass is 19.2. The molecule has 142 valence electrons. The van der Waals surface area contributed by atoms with Gasteiger partial charge in [-0.1, -0.05) is 30.3 Å². The summed E-state index contributed by atoms with van der Waals surface area (Å²) >= 11 is 0. The van der Waals surface area contributed by atoms with Crippen LogP contribution in [0.25, 0.3) is 11.1 Å². The van der Waals surface area contributed by atoms with Gasteiger partial charge in [0.25, 0.3) is 0 Å². The molecule has 0 radical (unpaired) electrons. The first-order chi connectivity index (χ1) is 13.5. The second-order valence-corrected chi connectivity index (χ2v) is 6.94. The summed E-state index contributed by atoms with van der Waals surface area (Å²) in [6, 6.07) is 16.6. The fourth-order valence-electron chi connectivity index (χ4n) is 3.59. The van der Waals surface area contributed by atoms with E-state index in [9.17, 15) is 18.7 Å². The molecule has 0 saturated heterocycles. The van der Waals surface area contributed by atoms with Crippen molar-refractivity contribution in [3.8, 4) is 22.6 Å². The standard InChI is InChI=1S/C23H18F2O3/c24-20-10-8-15(13-21(20)25)19-3-1-2-4-22(19)28-18-9-7-14-5-6-16(23(26)27)11-17(14)12-18/h1-4,7-10,12-13,16H,5-6,11H2,(H,26,27). The molecule has 0 aromatic heterocycles. The summed E-state index contributed by atoms with van der Waals surface area (Å²) in [5, 5.41) is 9.28. The second kappa shape index (κ2) is 7.43. The minimum Gasteiger partial charge on any atom is -0.481 e. The Kier molecular flexibility index (Phi) is 4.82. The molecule has 3 aromatic carbocycles. The van der Waals surface area contributed by atoms with Crippen molar-refractivity contribution >= 4 is 5.97 Å². The molecule has 3 nitrogen and oxygen atoms in total. The zero-order valence-corrected chi connectivity index (χ0v) is 15.0. The first kappa shape index (κ1) is 18.2. The van der Waals surface area contributed by atoms with Gasteiger partial charge in [-0.15, -0.1) is 0 Å². The first-order valence-corrected chi connectivity index (χ1v) is 9.08. The summed E-state index contributed by atoms with van der Waals surface area (Å²) in [6.07, 6.45) is 1.85. The van der Waals surface area contributed by atoms with Crippen molar-refractivity contribution < 1.29 is 23.4 Å². The SMILES string of the molecule is O=C(O)C1CCc2ccc(Oc3ccccc3-c3ccc(F)c(F)c3)cc2C1. The van der Waals surface area contributed by atoms with E-state index in [-0.39, 0.29) is 5.92 Å². The molecule has 0 heterocycles. The molecule has 5 heteroatoms. The van der Waals surface area contributed by atoms with E-state index in [1.165, 1.54) is 6.07 Å². The number of hydrogen-bond donors (Lipinski definition) is 1. The predicted octanol–water partition coefficient (Wildman–Crippen LogP) is 5.61. The van der Waals surface area contributed by atoms with Gasteiger partial charge in [0.2, 0.25) is 0 Å². The number of carboxylic acids is 1. The van der Waals surface area contributed by atoms with Crippen molar-refractivity contribution in [2.75, 3.05) is 0 Å². The maximum absolute atomic E-state index is 13.7. The van der Waals surface area contributed by atoms with E-state index in [0.717, 1.165) is 29.7 Å². The summed E-state index contributed by atoms with van der Waals surface area (Å²) < 4.78 is 32.9. The van der Waals surface area contributed by atoms with Gasteiger partial charge in [-0.2, -0.15) is 0 Å². The molecule has 1 N–H and O–H groups in total. The van der Waals surface area contributed by atoms with Crippen LogP contribution in [0.4, 0.5) is 8.78 Å². The smallest absolute Gasteiger partial charge is 0.306 e. The maximum Gasteiger partial charge on any atom is 0.306 e. The summed E-state index contributed by atoms with van der Waals surface area (Å²) in [6.45, 7) is 0. The van der Waals surface area contributed by atoms with Crippen LogP contribution in [0.15, 0.2) is 60.7 Å². The minimum absolute atomic E-state index is 0.378. The van der Waals surface area contributed by atoms with Gasteiger partial charge in [-0.3, -0.25) is 4.79 Å². The van der Waals surface area contributed by atoms with Crippen LogP contribution in [-0.4, -0.2) is 11.1 Å². The Bertz CT molecular complexity index is 1050. The number of aryl methyl sites for hydroxylation is 1. The van der Waals surface area contributed by atoms with E-state index < -0.39 is 17.6 Å². The summed E-state index contributed by atoms with van der Waals surface area (Å²) in [5.74, 6) is -1.87. The number of carbonyl (C=O) groups is 1. The zero-order chi connectivity index (χ0) is 19.7. The monoisotopic (exact) mass is 380 g/mol. The summed E-state index contributed by atoms with van der Waals surface area (Å²) in [5.41, 5.74) is 3.26. The molecule has 0 spiro atoms. The molecule has 3 aromatic rings. The van der Waals surface area contributed by atoms with Crippen LogP contribution in [0.1, 0.15) is 17.5 Å². The number of carboxylic acid groups (broad SMARTS) is 1. The number of para-hydroxylation sites is 1. The van der Waals surface area contributed by atoms with Crippen molar-refractivity contribution in [3.63, 3.8) is 0 Å². The van der Waals surface area contributed by atoms with Crippen LogP contribution in [0.5, 0.6) is 11.5 Å². The van der Waals surface area contributed by atoms with E-state index >= 15 is 0 Å². The Hall–Kier alpha value is -3.21. The van der Waals surface area contributed by atoms with Gasteiger partial charge in [0.1, 0.15) is 11.5 Å². The van der Waals surface area contributed by atoms with Gasteiger partial charge < -0.3 is 9.84 Å². The van der Waals surface area contributed by atoms with Crippen LogP contribution < -0.4 is 4.74 Å². The number of fused-ring (bicyclic) bond motifs is 1. The minimum atomic E-state index is -0.916. The predicted molar refractivity (Wildman–Crippen MR) is 101 cm³/mol. The molecule has 0 amide bonds. The second-order valence-electron chi connectivity index (χ2n) is 6.94. The molecule has 0 fully saturated rings. The molecule has 1 atom stereocenters. The van der Waals surface area contributed by atoms with E-state index in [2.05, 4.69) is 0 Å². The van der Waals surface area contributed by atoms with E-state index in [1.54, 1.807) is 24.3 Å². The van der Waals surface area contributed by atoms with E-state index in [4.69, 9.17) is 4.74 Å². The van der Waals surface area contributed by atoms with Crippen molar-refractivity contribution in [1.29, 1.82) is 0 Å². The number of ether oxygens (including phenoxy) is 1. The first-order valence-electron chi connectivity index (χ1n) is 9.08. The Balaban J connectivity index is 1.65. The normalized spacial score (nSPS) is 15.7. The molecular weight excluding hydrogens is 362 g/mol. The molecular formula is C23H18F2O3. The van der Waals surface area contributed by atoms with Crippen LogP contribution in [0.3, 0.4) is 0 Å². The number of halogens is 2. The zero-order valence-electron chi connectivity index (χ0n) is 15.0. The number of benzene rings is 3. The average molecular weight is 380 g/mol. The highest BCUT2D eigenvalue weighted by Crippen LogP contribution is 2.36. The maximum atomic E-state index is 13.7. The molecule has 1 aliphatic carbocycles. The van der Waals surface area contributed by atoms with Crippen molar-refractivity contribution in [1.82, 2.24) is 0 Å². The Labute approximate surface area is 161 Å². The molecule has 0 aliphatic heterocycles. The lowest BCUT2D eigenvalue weighted by atomic mass is 9.84. The Morgan fingerprint density at radius 3 is 2.57 bits per heavy atom. The third-order valence-corrected chi connectivity index (χ3v) is 5.10. The molecule has 1 aliphatic rings. The fourth-order valence-corrected chi connectivity index (χ4v) is 3.59. The number of hydrogen-bond acceptors (Lipinski definition) is 2. The fraction of sp³-hybridized carbons (Fsp3) is 0.174. The van der Waals surface area contributed by atoms with E-state index in [0.29, 0.717) is 35.5 Å². The van der Waals surface area contributed by atoms with Crippen molar-refractivity contribution in [2.45, 2.75) is 19.3 Å². The van der Waals surface area contributed by atoms with Gasteiger partial charge in [0, 0.05) is 5.56 Å². The summed E-state index contributed by atoms with van der Waals surface area (Å²) in [4.78, 5) is 11.3. The van der Waals surface area contributed by atoms with Gasteiger partial charge in [0.15, 0.2) is 11.6 Å². The van der Waals surface area contributed by atoms with Crippen LogP contribution >= 0.6 is 0 Å². The Morgan fingerprint density at radius 1 is 0.964 bits per heavy atom. The molecule has 28 heavy (non-hydrogen) atoms. The topological polar surface area (TPSA) is 46.5 Å². The van der Waals surface area contributed by atoms with Gasteiger partial charge >= 0.3 is 5.97 Å².